The average molecular weight is 239 g/mol. The maximum Gasteiger partial charge on any atom is 0.240 e. The van der Waals surface area contributed by atoms with E-state index < -0.39 is 10.0 Å². The predicted molar refractivity (Wildman–Crippen MR) is 61.6 cm³/mol. The zero-order chi connectivity index (χ0) is 11.6. The number of aromatic amines is 1. The van der Waals surface area contributed by atoms with Crippen molar-refractivity contribution in [2.45, 2.75) is 18.2 Å². The van der Waals surface area contributed by atoms with E-state index in [0.717, 1.165) is 17.5 Å². The first-order valence-electron chi connectivity index (χ1n) is 5.06. The summed E-state index contributed by atoms with van der Waals surface area (Å²) in [6, 6.07) is 4.83. The largest absolute Gasteiger partial charge is 0.345 e. The number of nitrogens with zero attached hydrogens (tertiary/aromatic N) is 1. The maximum atomic E-state index is 11.8. The van der Waals surface area contributed by atoms with Gasteiger partial charge < -0.3 is 4.98 Å². The van der Waals surface area contributed by atoms with Crippen LogP contribution in [-0.2, 0) is 10.0 Å². The molecule has 0 saturated carbocycles. The molecule has 0 unspecified atom stereocenters. The Balaban J connectivity index is 2.39. The molecule has 5 nitrogen and oxygen atoms in total. The number of H-pyrrole nitrogens is 1. The number of sulfonamides is 1. The Bertz CT molecular complexity index is 589. The van der Waals surface area contributed by atoms with Crippen LogP contribution < -0.4 is 4.72 Å². The first-order valence-corrected chi connectivity index (χ1v) is 6.54. The van der Waals surface area contributed by atoms with Crippen LogP contribution in [0, 0.1) is 0 Å². The standard InChI is InChI=1S/C10H13N3O2S/c1-2-5-13-16(14,15)8-3-4-9-10(6-8)12-7-11-9/h3-4,6-7,13H,2,5H2,1H3,(H,11,12). The minimum Gasteiger partial charge on any atom is -0.345 e. The van der Waals surface area contributed by atoms with Crippen molar-refractivity contribution in [3.63, 3.8) is 0 Å². The average Bonchev–Trinajstić information content (AvgIpc) is 2.73. The zero-order valence-electron chi connectivity index (χ0n) is 8.90. The Hall–Kier alpha value is -1.40. The molecule has 0 aliphatic heterocycles. The second-order valence-corrected chi connectivity index (χ2v) is 5.25. The van der Waals surface area contributed by atoms with Gasteiger partial charge in [-0.05, 0) is 24.6 Å². The summed E-state index contributed by atoms with van der Waals surface area (Å²) in [7, 11) is -3.39. The van der Waals surface area contributed by atoms with Crippen LogP contribution in [-0.4, -0.2) is 24.9 Å². The fourth-order valence-corrected chi connectivity index (χ4v) is 2.56. The van der Waals surface area contributed by atoms with Gasteiger partial charge >= 0.3 is 0 Å². The fourth-order valence-electron chi connectivity index (χ4n) is 1.40. The molecule has 0 radical (unpaired) electrons. The highest BCUT2D eigenvalue weighted by molar-refractivity contribution is 7.89. The second kappa shape index (κ2) is 4.23. The molecule has 2 aromatic rings. The topological polar surface area (TPSA) is 74.8 Å². The fraction of sp³-hybridized carbons (Fsp3) is 0.300. The summed E-state index contributed by atoms with van der Waals surface area (Å²) < 4.78 is 26.1. The van der Waals surface area contributed by atoms with Gasteiger partial charge in [0.25, 0.3) is 0 Å². The first-order chi connectivity index (χ1) is 7.63. The van der Waals surface area contributed by atoms with E-state index in [1.165, 1.54) is 0 Å². The van der Waals surface area contributed by atoms with Gasteiger partial charge in [-0.15, -0.1) is 0 Å². The highest BCUT2D eigenvalue weighted by Crippen LogP contribution is 2.15. The van der Waals surface area contributed by atoms with E-state index in [9.17, 15) is 8.42 Å². The lowest BCUT2D eigenvalue weighted by Gasteiger charge is -2.04. The second-order valence-electron chi connectivity index (χ2n) is 3.48. The van der Waals surface area contributed by atoms with Crippen LogP contribution in [0.4, 0.5) is 0 Å². The van der Waals surface area contributed by atoms with Crippen LogP contribution in [0.25, 0.3) is 11.0 Å². The van der Waals surface area contributed by atoms with E-state index in [-0.39, 0.29) is 4.90 Å². The summed E-state index contributed by atoms with van der Waals surface area (Å²) in [6.45, 7) is 2.37. The highest BCUT2D eigenvalue weighted by atomic mass is 32.2. The number of imidazole rings is 1. The van der Waals surface area contributed by atoms with Gasteiger partial charge in [0, 0.05) is 6.54 Å². The molecule has 2 N–H and O–H groups in total. The van der Waals surface area contributed by atoms with E-state index in [1.54, 1.807) is 24.5 Å². The Kier molecular flexibility index (Phi) is 2.93. The van der Waals surface area contributed by atoms with E-state index in [0.29, 0.717) is 6.54 Å². The van der Waals surface area contributed by atoms with Gasteiger partial charge in [0.05, 0.1) is 22.3 Å². The van der Waals surface area contributed by atoms with Gasteiger partial charge in [0.15, 0.2) is 0 Å². The van der Waals surface area contributed by atoms with Crippen LogP contribution in [0.3, 0.4) is 0 Å². The minimum absolute atomic E-state index is 0.262. The summed E-state index contributed by atoms with van der Waals surface area (Å²) in [5, 5.41) is 0. The number of hydrogen-bond donors (Lipinski definition) is 2. The summed E-state index contributed by atoms with van der Waals surface area (Å²) >= 11 is 0. The summed E-state index contributed by atoms with van der Waals surface area (Å²) in [5.41, 5.74) is 1.48. The molecule has 6 heteroatoms. The number of nitrogens with one attached hydrogen (secondary N) is 2. The van der Waals surface area contributed by atoms with Crippen molar-refractivity contribution < 1.29 is 8.42 Å². The van der Waals surface area contributed by atoms with Crippen molar-refractivity contribution in [1.29, 1.82) is 0 Å². The van der Waals surface area contributed by atoms with E-state index >= 15 is 0 Å². The molecular weight excluding hydrogens is 226 g/mol. The molecule has 0 fully saturated rings. The molecule has 0 spiro atoms. The lowest BCUT2D eigenvalue weighted by Crippen LogP contribution is -2.24. The molecule has 0 saturated heterocycles. The number of rotatable bonds is 4. The Morgan fingerprint density at radius 3 is 3.00 bits per heavy atom. The minimum atomic E-state index is -3.39. The molecule has 86 valence electrons. The van der Waals surface area contributed by atoms with Crippen LogP contribution in [0.1, 0.15) is 13.3 Å². The Morgan fingerprint density at radius 2 is 2.25 bits per heavy atom. The summed E-state index contributed by atoms with van der Waals surface area (Å²) in [4.78, 5) is 7.18. The van der Waals surface area contributed by atoms with Crippen LogP contribution >= 0.6 is 0 Å². The van der Waals surface area contributed by atoms with Gasteiger partial charge in [-0.2, -0.15) is 0 Å². The van der Waals surface area contributed by atoms with Crippen LogP contribution in [0.5, 0.6) is 0 Å². The van der Waals surface area contributed by atoms with Gasteiger partial charge in [0.2, 0.25) is 10.0 Å². The number of aromatic nitrogens is 2. The van der Waals surface area contributed by atoms with Crippen molar-refractivity contribution in [3.8, 4) is 0 Å². The van der Waals surface area contributed by atoms with Gasteiger partial charge in [-0.3, -0.25) is 0 Å². The Morgan fingerprint density at radius 1 is 1.44 bits per heavy atom. The lowest BCUT2D eigenvalue weighted by atomic mass is 10.3. The third-order valence-corrected chi connectivity index (χ3v) is 3.70. The quantitative estimate of drug-likeness (QED) is 0.843. The van der Waals surface area contributed by atoms with Crippen molar-refractivity contribution >= 4 is 21.1 Å². The molecule has 0 bridgehead atoms. The monoisotopic (exact) mass is 239 g/mol. The maximum absolute atomic E-state index is 11.8. The van der Waals surface area contributed by atoms with Crippen molar-refractivity contribution in [2.24, 2.45) is 0 Å². The van der Waals surface area contributed by atoms with E-state index in [4.69, 9.17) is 0 Å². The van der Waals surface area contributed by atoms with E-state index in [2.05, 4.69) is 14.7 Å². The van der Waals surface area contributed by atoms with Crippen LogP contribution in [0.15, 0.2) is 29.4 Å². The smallest absolute Gasteiger partial charge is 0.240 e. The molecule has 0 aliphatic rings. The molecule has 1 aromatic carbocycles. The van der Waals surface area contributed by atoms with Gasteiger partial charge in [-0.25, -0.2) is 18.1 Å². The van der Waals surface area contributed by atoms with Crippen LogP contribution in [0.2, 0.25) is 0 Å². The zero-order valence-corrected chi connectivity index (χ0v) is 9.71. The molecule has 0 aliphatic carbocycles. The Labute approximate surface area is 93.9 Å². The molecule has 0 atom stereocenters. The molecule has 16 heavy (non-hydrogen) atoms. The van der Waals surface area contributed by atoms with Crippen molar-refractivity contribution in [1.82, 2.24) is 14.7 Å². The number of benzene rings is 1. The predicted octanol–water partition coefficient (Wildman–Crippen LogP) is 1.25. The summed E-state index contributed by atoms with van der Waals surface area (Å²) in [6.07, 6.45) is 2.31. The SMILES string of the molecule is CCCNS(=O)(=O)c1ccc2nc[nH]c2c1. The van der Waals surface area contributed by atoms with Crippen molar-refractivity contribution in [2.75, 3.05) is 6.54 Å². The molecular formula is C10H13N3O2S. The van der Waals surface area contributed by atoms with E-state index in [1.807, 2.05) is 6.92 Å². The van der Waals surface area contributed by atoms with Gasteiger partial charge in [-0.1, -0.05) is 6.92 Å². The van der Waals surface area contributed by atoms with Gasteiger partial charge in [0.1, 0.15) is 0 Å². The molecule has 0 amide bonds. The highest BCUT2D eigenvalue weighted by Gasteiger charge is 2.13. The molecule has 2 rings (SSSR count). The summed E-state index contributed by atoms with van der Waals surface area (Å²) in [5.74, 6) is 0. The first kappa shape index (κ1) is 11.1. The number of fused-ring (bicyclic) bond motifs is 1. The molecule has 1 heterocycles. The third-order valence-electron chi connectivity index (χ3n) is 2.24. The molecule has 1 aromatic heterocycles. The normalized spacial score (nSPS) is 12.1. The van der Waals surface area contributed by atoms with Crippen molar-refractivity contribution in [3.05, 3.63) is 24.5 Å². The third kappa shape index (κ3) is 2.07. The lowest BCUT2D eigenvalue weighted by molar-refractivity contribution is 0.581. The number of hydrogen-bond acceptors (Lipinski definition) is 3.